The standard InChI is InChI=1S/C20H23BrClN6OS/c21-28-14-27-19(24-28)18(16-3-1-2-4-17(16)22)23-13-15-5-12-30(20(15)27)26-8-6-25(7-9-26)10-11-29/h1-5,12,29H,6-11,13-14H2/q+1. The average molecular weight is 511 g/mol. The highest BCUT2D eigenvalue weighted by Gasteiger charge is 2.41. The maximum Gasteiger partial charge on any atom is 0.276 e. The Bertz CT molecular complexity index is 1000. The third kappa shape index (κ3) is 3.68. The minimum Gasteiger partial charge on any atom is -0.395 e. The van der Waals surface area contributed by atoms with Gasteiger partial charge in [0.15, 0.2) is 11.2 Å². The second kappa shape index (κ2) is 8.57. The van der Waals surface area contributed by atoms with Crippen molar-refractivity contribution in [2.24, 2.45) is 10.1 Å². The van der Waals surface area contributed by atoms with Crippen LogP contribution in [-0.4, -0.2) is 71.6 Å². The first-order valence-corrected chi connectivity index (χ1v) is 12.3. The molecule has 1 fully saturated rings. The second-order valence-corrected chi connectivity index (χ2v) is 10.4. The molecule has 1 N–H and O–H groups in total. The summed E-state index contributed by atoms with van der Waals surface area (Å²) in [5.74, 6) is 0.838. The van der Waals surface area contributed by atoms with Gasteiger partial charge in [-0.05, 0) is 6.07 Å². The molecule has 2 aromatic rings. The Morgan fingerprint density at radius 2 is 1.93 bits per heavy atom. The number of hydrogen-bond donors (Lipinski definition) is 1. The average Bonchev–Trinajstić information content (AvgIpc) is 3.30. The quantitative estimate of drug-likeness (QED) is 0.506. The summed E-state index contributed by atoms with van der Waals surface area (Å²) in [5, 5.41) is 18.3. The Balaban J connectivity index is 1.49. The van der Waals surface area contributed by atoms with E-state index in [0.717, 1.165) is 49.8 Å². The molecule has 0 aliphatic carbocycles. The highest BCUT2D eigenvalue weighted by Crippen LogP contribution is 2.43. The number of amidine groups is 1. The molecular formula is C20H23BrClN6OS+. The Kier molecular flexibility index (Phi) is 5.83. The number of piperazine rings is 1. The molecule has 0 spiro atoms. The topological polar surface area (TPSA) is 57.9 Å². The zero-order valence-electron chi connectivity index (χ0n) is 16.4. The van der Waals surface area contributed by atoms with Crippen LogP contribution in [0.4, 0.5) is 5.00 Å². The summed E-state index contributed by atoms with van der Waals surface area (Å²) in [6.45, 7) is 6.16. The van der Waals surface area contributed by atoms with Crippen LogP contribution in [0.3, 0.4) is 0 Å². The molecule has 1 aromatic carbocycles. The van der Waals surface area contributed by atoms with Crippen molar-refractivity contribution in [3.63, 3.8) is 0 Å². The van der Waals surface area contributed by atoms with E-state index in [4.69, 9.17) is 21.7 Å². The van der Waals surface area contributed by atoms with E-state index in [1.165, 1.54) is 10.6 Å². The molecule has 7 nitrogen and oxygen atoms in total. The molecule has 1 aromatic heterocycles. The lowest BCUT2D eigenvalue weighted by atomic mass is 10.1. The normalized spacial score (nSPS) is 20.6. The van der Waals surface area contributed by atoms with Gasteiger partial charge in [0, 0.05) is 31.3 Å². The molecule has 0 saturated carbocycles. The van der Waals surface area contributed by atoms with Gasteiger partial charge < -0.3 is 5.11 Å². The first kappa shape index (κ1) is 20.4. The minimum absolute atomic E-state index is 0.128. The van der Waals surface area contributed by atoms with Gasteiger partial charge in [-0.25, -0.2) is 4.03 Å². The number of anilines is 1. The van der Waals surface area contributed by atoms with Crippen molar-refractivity contribution in [2.45, 2.75) is 6.54 Å². The number of rotatable bonds is 4. The third-order valence-corrected chi connectivity index (χ3v) is 8.51. The number of fused-ring (bicyclic) bond motifs is 3. The van der Waals surface area contributed by atoms with Gasteiger partial charge in [-0.3, -0.25) is 14.8 Å². The summed E-state index contributed by atoms with van der Waals surface area (Å²) < 4.78 is 4.32. The summed E-state index contributed by atoms with van der Waals surface area (Å²) in [6, 6.07) is 10.0. The van der Waals surface area contributed by atoms with Gasteiger partial charge in [0.25, 0.3) is 5.00 Å². The summed E-state index contributed by atoms with van der Waals surface area (Å²) in [4.78, 5) is 9.55. The number of thiophene rings is 1. The molecule has 3 aliphatic rings. The van der Waals surface area contributed by atoms with Crippen molar-refractivity contribution in [1.82, 2.24) is 8.93 Å². The van der Waals surface area contributed by atoms with E-state index in [2.05, 4.69) is 41.7 Å². The highest BCUT2D eigenvalue weighted by molar-refractivity contribution is 9.07. The number of hydrazone groups is 1. The van der Waals surface area contributed by atoms with Crippen LogP contribution in [0.15, 0.2) is 45.8 Å². The number of aliphatic hydroxyl groups is 1. The fourth-order valence-corrected chi connectivity index (χ4v) is 6.89. The number of benzene rings is 1. The van der Waals surface area contributed by atoms with Gasteiger partial charge in [-0.2, -0.15) is 0 Å². The molecule has 3 aliphatic heterocycles. The van der Waals surface area contributed by atoms with Gasteiger partial charge in [-0.15, -0.1) is 9.41 Å². The molecule has 158 valence electrons. The Labute approximate surface area is 192 Å². The van der Waals surface area contributed by atoms with Gasteiger partial charge in [-0.1, -0.05) is 29.8 Å². The van der Waals surface area contributed by atoms with E-state index in [0.29, 0.717) is 18.2 Å². The van der Waals surface area contributed by atoms with Crippen LogP contribution in [-0.2, 0) is 6.54 Å². The Morgan fingerprint density at radius 1 is 1.13 bits per heavy atom. The summed E-state index contributed by atoms with van der Waals surface area (Å²) in [6.07, 6.45) is 0. The lowest BCUT2D eigenvalue weighted by molar-refractivity contribution is 0.191. The predicted octanol–water partition coefficient (Wildman–Crippen LogP) is 3.04. The highest BCUT2D eigenvalue weighted by atomic mass is 79.9. The van der Waals surface area contributed by atoms with E-state index in [1.54, 1.807) is 4.03 Å². The summed E-state index contributed by atoms with van der Waals surface area (Å²) in [7, 11) is -0.128. The molecule has 1 saturated heterocycles. The maximum absolute atomic E-state index is 9.22. The maximum atomic E-state index is 9.22. The number of hydrogen-bond acceptors (Lipinski definition) is 7. The van der Waals surface area contributed by atoms with Crippen LogP contribution < -0.4 is 9.21 Å². The van der Waals surface area contributed by atoms with Crippen LogP contribution >= 0.6 is 38.4 Å². The number of β-amino-alcohol motifs (C(OH)–C–C–N with tert-alkyl or cyclic N) is 1. The molecule has 30 heavy (non-hydrogen) atoms. The van der Waals surface area contributed by atoms with Gasteiger partial charge in [0.1, 0.15) is 12.4 Å². The Hall–Kier alpha value is -1.49. The second-order valence-electron chi connectivity index (χ2n) is 7.42. The molecule has 10 heteroatoms. The van der Waals surface area contributed by atoms with E-state index < -0.39 is 0 Å². The van der Waals surface area contributed by atoms with Gasteiger partial charge in [0.05, 0.1) is 63.6 Å². The third-order valence-electron chi connectivity index (χ3n) is 5.61. The molecule has 1 atom stereocenters. The zero-order valence-corrected chi connectivity index (χ0v) is 19.6. The molecule has 0 bridgehead atoms. The smallest absolute Gasteiger partial charge is 0.276 e. The lowest BCUT2D eigenvalue weighted by Gasteiger charge is -2.30. The van der Waals surface area contributed by atoms with Crippen molar-refractivity contribution in [2.75, 3.05) is 55.2 Å². The van der Waals surface area contributed by atoms with Crippen LogP contribution in [0.1, 0.15) is 11.1 Å². The van der Waals surface area contributed by atoms with E-state index in [-0.39, 0.29) is 17.3 Å². The first-order valence-electron chi connectivity index (χ1n) is 9.97. The van der Waals surface area contributed by atoms with Crippen molar-refractivity contribution in [3.8, 4) is 0 Å². The lowest BCUT2D eigenvalue weighted by Crippen LogP contribution is -2.47. The number of aliphatic hydroxyl groups excluding tert-OH is 1. The zero-order chi connectivity index (χ0) is 20.7. The first-order chi connectivity index (χ1) is 14.7. The number of aliphatic imine (C=N–C) groups is 1. The number of nitrogens with zero attached hydrogens (tertiary/aromatic N) is 6. The van der Waals surface area contributed by atoms with Crippen molar-refractivity contribution in [3.05, 3.63) is 51.9 Å². The van der Waals surface area contributed by atoms with Crippen LogP contribution in [0.2, 0.25) is 5.02 Å². The number of halogens is 2. The largest absolute Gasteiger partial charge is 0.395 e. The SMILES string of the molecule is OCCN1CCN([s+]2ccc3c2N2CN(Br)N=C2C(c2ccccc2Cl)=NC3)CC1. The molecule has 5 rings (SSSR count). The minimum atomic E-state index is -0.128. The fraction of sp³-hybridized carbons (Fsp3) is 0.400. The van der Waals surface area contributed by atoms with E-state index in [1.807, 2.05) is 24.3 Å². The summed E-state index contributed by atoms with van der Waals surface area (Å²) >= 11 is 10.1. The van der Waals surface area contributed by atoms with Gasteiger partial charge >= 0.3 is 0 Å². The molecular weight excluding hydrogens is 488 g/mol. The van der Waals surface area contributed by atoms with Crippen LogP contribution in [0.25, 0.3) is 0 Å². The molecule has 0 radical (unpaired) electrons. The van der Waals surface area contributed by atoms with Crippen molar-refractivity contribution < 1.29 is 5.11 Å². The molecule has 1 unspecified atom stereocenters. The van der Waals surface area contributed by atoms with Crippen molar-refractivity contribution in [1.29, 1.82) is 0 Å². The predicted molar refractivity (Wildman–Crippen MR) is 128 cm³/mol. The fourth-order valence-electron chi connectivity index (χ4n) is 4.12. The molecule has 4 heterocycles. The monoisotopic (exact) mass is 509 g/mol. The van der Waals surface area contributed by atoms with Crippen LogP contribution in [0, 0.1) is 0 Å². The van der Waals surface area contributed by atoms with E-state index in [9.17, 15) is 5.11 Å². The van der Waals surface area contributed by atoms with Crippen molar-refractivity contribution >= 4 is 55.0 Å². The van der Waals surface area contributed by atoms with Gasteiger partial charge in [0.2, 0.25) is 0 Å². The Morgan fingerprint density at radius 3 is 2.70 bits per heavy atom. The van der Waals surface area contributed by atoms with Crippen LogP contribution in [0.5, 0.6) is 0 Å². The summed E-state index contributed by atoms with van der Waals surface area (Å²) in [5.41, 5.74) is 2.99. The molecule has 0 amide bonds. The van der Waals surface area contributed by atoms with E-state index >= 15 is 0 Å².